The van der Waals surface area contributed by atoms with E-state index < -0.39 is 0 Å². The standard InChI is InChI=1S/C17H27NO/c1-2-18(13-15-9-5-3-6-10-15)14-16-11-7-4-8-12-17(16)19/h3,5-6,9-10,16-17,19H,2,4,7-8,11-14H2,1H3. The smallest absolute Gasteiger partial charge is 0.0580 e. The number of rotatable bonds is 5. The molecule has 19 heavy (non-hydrogen) atoms. The minimum atomic E-state index is -0.0904. The quantitative estimate of drug-likeness (QED) is 0.821. The first-order valence-electron chi connectivity index (χ1n) is 7.74. The predicted molar refractivity (Wildman–Crippen MR) is 80.0 cm³/mol. The van der Waals surface area contributed by atoms with Gasteiger partial charge in [-0.05, 0) is 30.9 Å². The van der Waals surface area contributed by atoms with Crippen molar-refractivity contribution >= 4 is 0 Å². The van der Waals surface area contributed by atoms with E-state index in [0.717, 1.165) is 26.1 Å². The minimum absolute atomic E-state index is 0.0904. The van der Waals surface area contributed by atoms with Crippen LogP contribution in [0.25, 0.3) is 0 Å². The van der Waals surface area contributed by atoms with Crippen molar-refractivity contribution in [3.8, 4) is 0 Å². The van der Waals surface area contributed by atoms with Gasteiger partial charge in [0.2, 0.25) is 0 Å². The van der Waals surface area contributed by atoms with Gasteiger partial charge in [0.15, 0.2) is 0 Å². The Morgan fingerprint density at radius 2 is 1.84 bits per heavy atom. The molecule has 0 radical (unpaired) electrons. The summed E-state index contributed by atoms with van der Waals surface area (Å²) >= 11 is 0. The molecule has 1 saturated carbocycles. The Bertz CT molecular complexity index is 352. The fourth-order valence-corrected chi connectivity index (χ4v) is 3.06. The van der Waals surface area contributed by atoms with E-state index in [1.54, 1.807) is 0 Å². The first-order chi connectivity index (χ1) is 9.29. The van der Waals surface area contributed by atoms with E-state index >= 15 is 0 Å². The predicted octanol–water partition coefficient (Wildman–Crippen LogP) is 3.45. The van der Waals surface area contributed by atoms with Gasteiger partial charge in [-0.25, -0.2) is 0 Å². The molecule has 2 atom stereocenters. The number of nitrogens with zero attached hydrogens (tertiary/aromatic N) is 1. The van der Waals surface area contributed by atoms with Gasteiger partial charge < -0.3 is 5.11 Å². The lowest BCUT2D eigenvalue weighted by atomic mass is 9.96. The molecule has 1 fully saturated rings. The third-order valence-electron chi connectivity index (χ3n) is 4.31. The number of benzene rings is 1. The Morgan fingerprint density at radius 1 is 1.11 bits per heavy atom. The molecule has 1 aromatic rings. The van der Waals surface area contributed by atoms with E-state index in [9.17, 15) is 5.11 Å². The summed E-state index contributed by atoms with van der Waals surface area (Å²) in [5.41, 5.74) is 1.37. The van der Waals surface area contributed by atoms with Gasteiger partial charge in [-0.3, -0.25) is 4.90 Å². The van der Waals surface area contributed by atoms with Gasteiger partial charge in [-0.1, -0.05) is 56.5 Å². The molecule has 0 spiro atoms. The van der Waals surface area contributed by atoms with Crippen LogP contribution in [0.4, 0.5) is 0 Å². The summed E-state index contributed by atoms with van der Waals surface area (Å²) in [6.45, 7) is 5.30. The van der Waals surface area contributed by atoms with Crippen LogP contribution in [-0.2, 0) is 6.54 Å². The summed E-state index contributed by atoms with van der Waals surface area (Å²) in [4.78, 5) is 2.47. The van der Waals surface area contributed by atoms with Crippen molar-refractivity contribution in [3.63, 3.8) is 0 Å². The largest absolute Gasteiger partial charge is 0.393 e. The topological polar surface area (TPSA) is 23.5 Å². The van der Waals surface area contributed by atoms with Gasteiger partial charge in [0.25, 0.3) is 0 Å². The zero-order valence-corrected chi connectivity index (χ0v) is 12.1. The van der Waals surface area contributed by atoms with Crippen LogP contribution in [0, 0.1) is 5.92 Å². The molecule has 1 aliphatic carbocycles. The number of hydrogen-bond acceptors (Lipinski definition) is 2. The molecule has 2 heteroatoms. The van der Waals surface area contributed by atoms with Gasteiger partial charge in [0.05, 0.1) is 6.10 Å². The van der Waals surface area contributed by atoms with Crippen LogP contribution in [0.3, 0.4) is 0 Å². The molecule has 106 valence electrons. The molecule has 0 aliphatic heterocycles. The highest BCUT2D eigenvalue weighted by Gasteiger charge is 2.23. The number of hydrogen-bond donors (Lipinski definition) is 1. The van der Waals surface area contributed by atoms with Crippen LogP contribution < -0.4 is 0 Å². The summed E-state index contributed by atoms with van der Waals surface area (Å²) in [6, 6.07) is 10.6. The van der Waals surface area contributed by atoms with Crippen LogP contribution in [-0.4, -0.2) is 29.2 Å². The molecule has 0 heterocycles. The molecular formula is C17H27NO. The average molecular weight is 261 g/mol. The Hall–Kier alpha value is -0.860. The highest BCUT2D eigenvalue weighted by Crippen LogP contribution is 2.24. The van der Waals surface area contributed by atoms with Crippen molar-refractivity contribution in [3.05, 3.63) is 35.9 Å². The SMILES string of the molecule is CCN(Cc1ccccc1)CC1CCCCCC1O. The summed E-state index contributed by atoms with van der Waals surface area (Å²) in [5.74, 6) is 0.464. The first-order valence-corrected chi connectivity index (χ1v) is 7.74. The van der Waals surface area contributed by atoms with E-state index in [4.69, 9.17) is 0 Å². The Kier molecular flexibility index (Phi) is 5.87. The second-order valence-corrected chi connectivity index (χ2v) is 5.78. The van der Waals surface area contributed by atoms with Crippen molar-refractivity contribution in [2.45, 2.75) is 51.7 Å². The van der Waals surface area contributed by atoms with Gasteiger partial charge >= 0.3 is 0 Å². The molecule has 0 aromatic heterocycles. The second kappa shape index (κ2) is 7.66. The van der Waals surface area contributed by atoms with Crippen molar-refractivity contribution in [2.24, 2.45) is 5.92 Å². The van der Waals surface area contributed by atoms with Crippen LogP contribution in [0.1, 0.15) is 44.6 Å². The highest BCUT2D eigenvalue weighted by atomic mass is 16.3. The molecule has 1 aliphatic rings. The molecule has 2 unspecified atom stereocenters. The van der Waals surface area contributed by atoms with Gasteiger partial charge in [0.1, 0.15) is 0 Å². The van der Waals surface area contributed by atoms with Crippen LogP contribution in [0.2, 0.25) is 0 Å². The zero-order valence-electron chi connectivity index (χ0n) is 12.1. The normalized spacial score (nSPS) is 24.4. The fraction of sp³-hybridized carbons (Fsp3) is 0.647. The highest BCUT2D eigenvalue weighted by molar-refractivity contribution is 5.14. The molecule has 0 saturated heterocycles. The number of aliphatic hydroxyl groups is 1. The lowest BCUT2D eigenvalue weighted by molar-refractivity contribution is 0.0727. The first kappa shape index (κ1) is 14.5. The van der Waals surface area contributed by atoms with E-state index in [1.165, 1.54) is 31.2 Å². The minimum Gasteiger partial charge on any atom is -0.393 e. The van der Waals surface area contributed by atoms with Crippen molar-refractivity contribution in [2.75, 3.05) is 13.1 Å². The molecular weight excluding hydrogens is 234 g/mol. The van der Waals surface area contributed by atoms with E-state index in [0.29, 0.717) is 5.92 Å². The summed E-state index contributed by atoms with van der Waals surface area (Å²) in [5, 5.41) is 10.2. The van der Waals surface area contributed by atoms with Gasteiger partial charge in [-0.15, -0.1) is 0 Å². The maximum absolute atomic E-state index is 10.2. The maximum atomic E-state index is 10.2. The van der Waals surface area contributed by atoms with Crippen molar-refractivity contribution < 1.29 is 5.11 Å². The molecule has 1 aromatic carbocycles. The molecule has 2 rings (SSSR count). The summed E-state index contributed by atoms with van der Waals surface area (Å²) in [6.07, 6.45) is 5.86. The molecule has 0 amide bonds. The van der Waals surface area contributed by atoms with Crippen LogP contribution in [0.5, 0.6) is 0 Å². The van der Waals surface area contributed by atoms with Gasteiger partial charge in [0, 0.05) is 13.1 Å². The van der Waals surface area contributed by atoms with Gasteiger partial charge in [-0.2, -0.15) is 0 Å². The second-order valence-electron chi connectivity index (χ2n) is 5.78. The van der Waals surface area contributed by atoms with E-state index in [-0.39, 0.29) is 6.10 Å². The Balaban J connectivity index is 1.90. The Labute approximate surface area is 117 Å². The Morgan fingerprint density at radius 3 is 2.58 bits per heavy atom. The third-order valence-corrected chi connectivity index (χ3v) is 4.31. The monoisotopic (exact) mass is 261 g/mol. The lowest BCUT2D eigenvalue weighted by Crippen LogP contribution is -2.34. The molecule has 1 N–H and O–H groups in total. The average Bonchev–Trinajstić information content (AvgIpc) is 2.64. The van der Waals surface area contributed by atoms with E-state index in [1.807, 2.05) is 0 Å². The zero-order chi connectivity index (χ0) is 13.5. The lowest BCUT2D eigenvalue weighted by Gasteiger charge is -2.28. The number of aliphatic hydroxyl groups excluding tert-OH is 1. The third kappa shape index (κ3) is 4.63. The fourth-order valence-electron chi connectivity index (χ4n) is 3.06. The molecule has 0 bridgehead atoms. The van der Waals surface area contributed by atoms with Crippen molar-refractivity contribution in [1.82, 2.24) is 4.90 Å². The maximum Gasteiger partial charge on any atom is 0.0580 e. The van der Waals surface area contributed by atoms with E-state index in [2.05, 4.69) is 42.2 Å². The van der Waals surface area contributed by atoms with Crippen LogP contribution in [0.15, 0.2) is 30.3 Å². The summed E-state index contributed by atoms with van der Waals surface area (Å²) in [7, 11) is 0. The molecule has 2 nitrogen and oxygen atoms in total. The van der Waals surface area contributed by atoms with Crippen LogP contribution >= 0.6 is 0 Å². The summed E-state index contributed by atoms with van der Waals surface area (Å²) < 4.78 is 0. The van der Waals surface area contributed by atoms with Crippen molar-refractivity contribution in [1.29, 1.82) is 0 Å².